The third-order valence-electron chi connectivity index (χ3n) is 7.35. The fraction of sp³-hybridized carbons (Fsp3) is 0.333. The zero-order valence-electron chi connectivity index (χ0n) is 21.2. The first-order valence-corrected chi connectivity index (χ1v) is 12.6. The highest BCUT2D eigenvalue weighted by Gasteiger charge is 2.20. The molecule has 0 spiro atoms. The molecule has 4 nitrogen and oxygen atoms in total. The third-order valence-corrected chi connectivity index (χ3v) is 7.35. The lowest BCUT2D eigenvalue weighted by molar-refractivity contribution is 1.14. The second-order valence-electron chi connectivity index (χ2n) is 9.24. The first-order chi connectivity index (χ1) is 16.5. The standard InChI is InChI=1S/C30H34N4/c1-7-21-17(5)25-15-29-23(9-3)24(10-4)30(34-29)16-26-18(6)22(8-2)28(33-26)14-20-12-11-19(31-20)13-27(21)32-25/h11-16,31-32H,7-10H2,1-6H3. The van der Waals surface area contributed by atoms with Crippen molar-refractivity contribution in [3.05, 3.63) is 70.3 Å². The molecule has 2 aliphatic rings. The Balaban J connectivity index is 1.95. The van der Waals surface area contributed by atoms with Gasteiger partial charge in [-0.2, -0.15) is 0 Å². The second kappa shape index (κ2) is 8.75. The maximum Gasteiger partial charge on any atom is 0.0694 e. The Morgan fingerprint density at radius 2 is 1.18 bits per heavy atom. The predicted octanol–water partition coefficient (Wildman–Crippen LogP) is 8.26. The molecule has 8 bridgehead atoms. The van der Waals surface area contributed by atoms with Crippen molar-refractivity contribution in [1.29, 1.82) is 0 Å². The van der Waals surface area contributed by atoms with Gasteiger partial charge in [-0.25, -0.2) is 9.97 Å². The van der Waals surface area contributed by atoms with E-state index in [1.54, 1.807) is 0 Å². The summed E-state index contributed by atoms with van der Waals surface area (Å²) in [5.41, 5.74) is 16.6. The third kappa shape index (κ3) is 3.62. The van der Waals surface area contributed by atoms with E-state index < -0.39 is 0 Å². The van der Waals surface area contributed by atoms with Crippen molar-refractivity contribution in [1.82, 2.24) is 19.9 Å². The number of aryl methyl sites for hydroxylation is 2. The number of allylic oxidation sites excluding steroid dienone is 4. The van der Waals surface area contributed by atoms with Gasteiger partial charge < -0.3 is 9.97 Å². The lowest BCUT2D eigenvalue weighted by Crippen LogP contribution is -1.84. The highest BCUT2D eigenvalue weighted by atomic mass is 14.8. The number of H-pyrrole nitrogens is 2. The molecule has 0 aromatic carbocycles. The van der Waals surface area contributed by atoms with E-state index in [9.17, 15) is 0 Å². The van der Waals surface area contributed by atoms with Crippen LogP contribution in [0.2, 0.25) is 0 Å². The Kier molecular flexibility index (Phi) is 5.76. The number of hydrogen-bond donors (Lipinski definition) is 2. The molecule has 0 radical (unpaired) electrons. The van der Waals surface area contributed by atoms with E-state index in [2.05, 4.69) is 87.9 Å². The lowest BCUT2D eigenvalue weighted by atomic mass is 9.99. The zero-order chi connectivity index (χ0) is 24.0. The van der Waals surface area contributed by atoms with Gasteiger partial charge >= 0.3 is 0 Å². The van der Waals surface area contributed by atoms with E-state index >= 15 is 0 Å². The topological polar surface area (TPSA) is 57.4 Å². The van der Waals surface area contributed by atoms with Gasteiger partial charge in [0.15, 0.2) is 0 Å². The number of aromatic amines is 2. The summed E-state index contributed by atoms with van der Waals surface area (Å²) in [6.07, 6.45) is 3.86. The van der Waals surface area contributed by atoms with E-state index in [4.69, 9.17) is 9.97 Å². The van der Waals surface area contributed by atoms with Crippen molar-refractivity contribution in [2.75, 3.05) is 0 Å². The summed E-state index contributed by atoms with van der Waals surface area (Å²) < 4.78 is 0. The molecule has 34 heavy (non-hydrogen) atoms. The van der Waals surface area contributed by atoms with Crippen molar-refractivity contribution >= 4 is 44.4 Å². The number of hydrogen-bond acceptors (Lipinski definition) is 2. The maximum absolute atomic E-state index is 5.16. The van der Waals surface area contributed by atoms with Crippen molar-refractivity contribution in [3.8, 4) is 0 Å². The molecule has 0 amide bonds. The number of fused-ring (bicyclic) bond motifs is 8. The van der Waals surface area contributed by atoms with Gasteiger partial charge in [-0.05, 0) is 109 Å². The minimum absolute atomic E-state index is 0.955. The predicted molar refractivity (Wildman–Crippen MR) is 145 cm³/mol. The molecule has 0 atom stereocenters. The summed E-state index contributed by atoms with van der Waals surface area (Å²) in [6.45, 7) is 13.3. The van der Waals surface area contributed by atoms with Crippen LogP contribution in [-0.4, -0.2) is 19.9 Å². The van der Waals surface area contributed by atoms with Crippen LogP contribution < -0.4 is 0 Å². The molecule has 0 fully saturated rings. The van der Waals surface area contributed by atoms with Crippen LogP contribution in [0.25, 0.3) is 44.4 Å². The molecule has 174 valence electrons. The molecule has 5 heterocycles. The molecule has 0 saturated carbocycles. The van der Waals surface area contributed by atoms with Crippen LogP contribution in [0.3, 0.4) is 0 Å². The Hall–Kier alpha value is -3.40. The summed E-state index contributed by atoms with van der Waals surface area (Å²) >= 11 is 0. The van der Waals surface area contributed by atoms with Crippen molar-refractivity contribution in [3.63, 3.8) is 0 Å². The molecule has 0 unspecified atom stereocenters. The largest absolute Gasteiger partial charge is 0.355 e. The van der Waals surface area contributed by atoms with E-state index in [0.717, 1.165) is 70.5 Å². The van der Waals surface area contributed by atoms with Crippen LogP contribution in [0.4, 0.5) is 0 Å². The minimum Gasteiger partial charge on any atom is -0.355 e. The van der Waals surface area contributed by atoms with E-state index in [1.807, 2.05) is 0 Å². The number of aromatic nitrogens is 4. The van der Waals surface area contributed by atoms with Crippen molar-refractivity contribution in [2.24, 2.45) is 0 Å². The van der Waals surface area contributed by atoms with Crippen LogP contribution in [-0.2, 0) is 6.42 Å². The fourth-order valence-corrected chi connectivity index (χ4v) is 5.50. The Morgan fingerprint density at radius 3 is 1.82 bits per heavy atom. The van der Waals surface area contributed by atoms with E-state index in [-0.39, 0.29) is 0 Å². The average molecular weight is 451 g/mol. The Morgan fingerprint density at radius 1 is 0.588 bits per heavy atom. The normalized spacial score (nSPS) is 13.8. The monoisotopic (exact) mass is 450 g/mol. The minimum atomic E-state index is 0.955. The molecular formula is C30H34N4. The van der Waals surface area contributed by atoms with Crippen molar-refractivity contribution < 1.29 is 0 Å². The number of nitrogens with zero attached hydrogens (tertiary/aromatic N) is 2. The van der Waals surface area contributed by atoms with Gasteiger partial charge in [0.2, 0.25) is 0 Å². The van der Waals surface area contributed by atoms with Gasteiger partial charge in [0, 0.05) is 22.1 Å². The molecular weight excluding hydrogens is 416 g/mol. The molecule has 3 aromatic heterocycles. The molecule has 2 N–H and O–H groups in total. The van der Waals surface area contributed by atoms with Crippen LogP contribution in [0, 0.1) is 6.92 Å². The first kappa shape index (κ1) is 22.4. The Labute approximate surface area is 201 Å². The molecule has 3 aromatic rings. The van der Waals surface area contributed by atoms with Crippen LogP contribution in [0.1, 0.15) is 87.8 Å². The zero-order valence-corrected chi connectivity index (χ0v) is 21.2. The summed E-state index contributed by atoms with van der Waals surface area (Å²) in [6, 6.07) is 13.1. The molecule has 4 heteroatoms. The van der Waals surface area contributed by atoms with Gasteiger partial charge in [0.1, 0.15) is 0 Å². The maximum atomic E-state index is 5.16. The van der Waals surface area contributed by atoms with Gasteiger partial charge in [0.25, 0.3) is 0 Å². The summed E-state index contributed by atoms with van der Waals surface area (Å²) in [5, 5.41) is 0. The van der Waals surface area contributed by atoms with Crippen LogP contribution in [0.5, 0.6) is 0 Å². The smallest absolute Gasteiger partial charge is 0.0694 e. The SMILES string of the molecule is CCC1=C(C)c2cc3nc(cc4[nH]c(cc5ccc(cc1n2)[nH]5)c(CC)c4C)C(CC)=C3CC. The van der Waals surface area contributed by atoms with Gasteiger partial charge in [-0.15, -0.1) is 0 Å². The second-order valence-corrected chi connectivity index (χ2v) is 9.24. The van der Waals surface area contributed by atoms with E-state index in [0.29, 0.717) is 0 Å². The number of rotatable bonds is 4. The summed E-state index contributed by atoms with van der Waals surface area (Å²) in [7, 11) is 0. The Bertz CT molecular complexity index is 1510. The van der Waals surface area contributed by atoms with Gasteiger partial charge in [-0.1, -0.05) is 27.7 Å². The average Bonchev–Trinajstić information content (AvgIpc) is 3.54. The quantitative estimate of drug-likeness (QED) is 0.420. The molecule has 0 saturated heterocycles. The molecule has 0 aliphatic carbocycles. The molecule has 5 rings (SSSR count). The van der Waals surface area contributed by atoms with Crippen LogP contribution in [0.15, 0.2) is 36.4 Å². The first-order valence-electron chi connectivity index (χ1n) is 12.6. The summed E-state index contributed by atoms with van der Waals surface area (Å²) in [5.74, 6) is 0. The van der Waals surface area contributed by atoms with E-state index in [1.165, 1.54) is 33.4 Å². The number of nitrogens with one attached hydrogen (secondary N) is 2. The van der Waals surface area contributed by atoms with Crippen molar-refractivity contribution in [2.45, 2.75) is 67.2 Å². The lowest BCUT2D eigenvalue weighted by Gasteiger charge is -2.03. The van der Waals surface area contributed by atoms with Crippen LogP contribution >= 0.6 is 0 Å². The highest BCUT2D eigenvalue weighted by molar-refractivity contribution is 5.95. The van der Waals surface area contributed by atoms with Gasteiger partial charge in [0.05, 0.1) is 22.8 Å². The molecule has 2 aliphatic heterocycles. The summed E-state index contributed by atoms with van der Waals surface area (Å²) in [4.78, 5) is 17.5. The highest BCUT2D eigenvalue weighted by Crippen LogP contribution is 2.37. The fourth-order valence-electron chi connectivity index (χ4n) is 5.50. The van der Waals surface area contributed by atoms with Gasteiger partial charge in [-0.3, -0.25) is 0 Å².